The molecule has 0 aliphatic carbocycles. The Labute approximate surface area is 121 Å². The zero-order valence-electron chi connectivity index (χ0n) is 12.1. The smallest absolute Gasteiger partial charge is 0.171 e. The average molecular weight is 281 g/mol. The molecular formula is C14H23N3OS. The van der Waals surface area contributed by atoms with Crippen molar-refractivity contribution in [1.29, 1.82) is 5.26 Å². The van der Waals surface area contributed by atoms with E-state index in [0.29, 0.717) is 5.70 Å². The van der Waals surface area contributed by atoms with Gasteiger partial charge in [0, 0.05) is 0 Å². The average Bonchev–Trinajstić information content (AvgIpc) is 2.35. The standard InChI is InChI=1S/C14H23N3OS/c1-6-7-13(16-14(19)10-15)12(3)18-11(2)8-9-17(4)5/h6-7,11-12H,1,8-9H2,2-5H3,(H,16,19)/b13-7+. The Hall–Kier alpha value is -1.09. The molecule has 0 amide bonds. The van der Waals surface area contributed by atoms with Crippen LogP contribution in [0, 0.1) is 11.3 Å². The minimum absolute atomic E-state index is 0.115. The molecule has 0 fully saturated rings. The van der Waals surface area contributed by atoms with Crippen LogP contribution in [0.2, 0.25) is 0 Å². The first-order valence-electron chi connectivity index (χ1n) is 6.21. The van der Waals surface area contributed by atoms with Crippen LogP contribution in [0.25, 0.3) is 0 Å². The predicted octanol–water partition coefficient (Wildman–Crippen LogP) is 2.65. The monoisotopic (exact) mass is 281 g/mol. The summed E-state index contributed by atoms with van der Waals surface area (Å²) in [6.07, 6.45) is 4.21. The Morgan fingerprint density at radius 2 is 2.16 bits per heavy atom. The van der Waals surface area contributed by atoms with E-state index in [1.807, 2.05) is 34.0 Å². The lowest BCUT2D eigenvalue weighted by Gasteiger charge is -2.21. The molecule has 2 atom stereocenters. The van der Waals surface area contributed by atoms with Gasteiger partial charge in [-0.1, -0.05) is 12.7 Å². The molecule has 19 heavy (non-hydrogen) atoms. The van der Waals surface area contributed by atoms with Gasteiger partial charge < -0.3 is 9.64 Å². The summed E-state index contributed by atoms with van der Waals surface area (Å²) < 4.78 is 5.87. The zero-order valence-corrected chi connectivity index (χ0v) is 13.0. The molecule has 0 radical (unpaired) electrons. The number of hydrogen-bond acceptors (Lipinski definition) is 4. The summed E-state index contributed by atoms with van der Waals surface area (Å²) in [5.41, 5.74) is 0.651. The molecule has 0 aliphatic rings. The van der Waals surface area contributed by atoms with E-state index in [-0.39, 0.29) is 17.3 Å². The highest BCUT2D eigenvalue weighted by Crippen LogP contribution is 2.13. The summed E-state index contributed by atoms with van der Waals surface area (Å²) in [6, 6.07) is 1.88. The largest absolute Gasteiger partial charge is 0.369 e. The first kappa shape index (κ1) is 17.9. The fourth-order valence-electron chi connectivity index (χ4n) is 1.46. The second-order valence-electron chi connectivity index (χ2n) is 4.56. The van der Waals surface area contributed by atoms with Crippen LogP contribution in [-0.2, 0) is 4.74 Å². The van der Waals surface area contributed by atoms with Crippen LogP contribution in [-0.4, -0.2) is 42.8 Å². The molecule has 5 heteroatoms. The zero-order chi connectivity index (χ0) is 14.8. The number of nitriles is 1. The number of aliphatic imine (C=N–C) groups is 1. The van der Waals surface area contributed by atoms with Gasteiger partial charge in [0.1, 0.15) is 6.07 Å². The summed E-state index contributed by atoms with van der Waals surface area (Å²) in [5, 5.41) is 8.82. The Morgan fingerprint density at radius 1 is 1.53 bits per heavy atom. The minimum Gasteiger partial charge on any atom is -0.369 e. The van der Waals surface area contributed by atoms with Gasteiger partial charge in [-0.05, 0) is 47.0 Å². The maximum Gasteiger partial charge on any atom is 0.171 e. The molecular weight excluding hydrogens is 258 g/mol. The van der Waals surface area contributed by atoms with Crippen molar-refractivity contribution < 1.29 is 4.74 Å². The Bertz CT molecular complexity index is 383. The van der Waals surface area contributed by atoms with Gasteiger partial charge in [0.05, 0.1) is 17.9 Å². The van der Waals surface area contributed by atoms with Crippen molar-refractivity contribution in [2.24, 2.45) is 4.99 Å². The molecule has 4 nitrogen and oxygen atoms in total. The summed E-state index contributed by atoms with van der Waals surface area (Å²) in [4.78, 5) is 6.22. The Morgan fingerprint density at radius 3 is 2.63 bits per heavy atom. The second-order valence-corrected chi connectivity index (χ2v) is 4.98. The van der Waals surface area contributed by atoms with Crippen LogP contribution < -0.4 is 0 Å². The highest BCUT2D eigenvalue weighted by Gasteiger charge is 2.13. The third-order valence-electron chi connectivity index (χ3n) is 2.46. The maximum atomic E-state index is 8.70. The quantitative estimate of drug-likeness (QED) is 0.322. The first-order valence-corrected chi connectivity index (χ1v) is 6.66. The molecule has 0 aromatic rings. The van der Waals surface area contributed by atoms with Gasteiger partial charge in [0.2, 0.25) is 0 Å². The summed E-state index contributed by atoms with van der Waals surface area (Å²) >= 11 is 3.97. The molecule has 0 rings (SSSR count). The van der Waals surface area contributed by atoms with E-state index >= 15 is 0 Å². The van der Waals surface area contributed by atoms with E-state index in [4.69, 9.17) is 10.00 Å². The number of allylic oxidation sites excluding steroid dienone is 2. The van der Waals surface area contributed by atoms with Gasteiger partial charge in [-0.15, -0.1) is 12.6 Å². The van der Waals surface area contributed by atoms with Gasteiger partial charge in [0.25, 0.3) is 0 Å². The summed E-state index contributed by atoms with van der Waals surface area (Å²) in [5.74, 6) is 0. The normalized spacial score (nSPS) is 16.1. The maximum absolute atomic E-state index is 8.70. The SMILES string of the molecule is C=C/C=C(/N=C(\S)C#N)C(C)OC(C)CCN(C)C. The van der Waals surface area contributed by atoms with Gasteiger partial charge >= 0.3 is 0 Å². The Balaban J connectivity index is 4.58. The lowest BCUT2D eigenvalue weighted by molar-refractivity contribution is 0.0195. The third kappa shape index (κ3) is 8.60. The van der Waals surface area contributed by atoms with E-state index in [0.717, 1.165) is 13.0 Å². The van der Waals surface area contributed by atoms with Crippen LogP contribution in [0.3, 0.4) is 0 Å². The molecule has 0 aromatic heterocycles. The third-order valence-corrected chi connectivity index (χ3v) is 2.66. The fraction of sp³-hybridized carbons (Fsp3) is 0.571. The predicted molar refractivity (Wildman–Crippen MR) is 83.5 cm³/mol. The van der Waals surface area contributed by atoms with Crippen molar-refractivity contribution >= 4 is 17.7 Å². The van der Waals surface area contributed by atoms with Crippen LogP contribution >= 0.6 is 12.6 Å². The fourth-order valence-corrected chi connectivity index (χ4v) is 1.57. The Kier molecular flexibility index (Phi) is 9.23. The van der Waals surface area contributed by atoms with E-state index in [9.17, 15) is 0 Å². The van der Waals surface area contributed by atoms with Gasteiger partial charge in [-0.25, -0.2) is 4.99 Å². The molecule has 0 heterocycles. The molecule has 0 spiro atoms. The van der Waals surface area contributed by atoms with Gasteiger partial charge in [0.15, 0.2) is 5.04 Å². The van der Waals surface area contributed by atoms with Crippen molar-refractivity contribution in [3.05, 3.63) is 24.4 Å². The number of rotatable bonds is 8. The van der Waals surface area contributed by atoms with Crippen LogP contribution in [0.4, 0.5) is 0 Å². The molecule has 0 bridgehead atoms. The van der Waals surface area contributed by atoms with Crippen molar-refractivity contribution in [3.8, 4) is 6.07 Å². The van der Waals surface area contributed by atoms with E-state index in [1.165, 1.54) is 0 Å². The number of ether oxygens (including phenoxy) is 1. The van der Waals surface area contributed by atoms with Crippen molar-refractivity contribution in [3.63, 3.8) is 0 Å². The molecule has 0 saturated carbocycles. The molecule has 0 aromatic carbocycles. The van der Waals surface area contributed by atoms with Gasteiger partial charge in [-0.3, -0.25) is 0 Å². The van der Waals surface area contributed by atoms with E-state index < -0.39 is 0 Å². The number of thiol groups is 1. The van der Waals surface area contributed by atoms with Gasteiger partial charge in [-0.2, -0.15) is 5.26 Å². The molecule has 0 saturated heterocycles. The molecule has 0 aliphatic heterocycles. The lowest BCUT2D eigenvalue weighted by atomic mass is 10.2. The number of hydrogen-bond donors (Lipinski definition) is 1. The van der Waals surface area contributed by atoms with Crippen LogP contribution in [0.15, 0.2) is 29.4 Å². The first-order chi connectivity index (χ1) is 8.90. The lowest BCUT2D eigenvalue weighted by Crippen LogP contribution is -2.23. The van der Waals surface area contributed by atoms with E-state index in [2.05, 4.69) is 29.1 Å². The molecule has 2 unspecified atom stereocenters. The molecule has 0 N–H and O–H groups in total. The van der Waals surface area contributed by atoms with Crippen LogP contribution in [0.5, 0.6) is 0 Å². The minimum atomic E-state index is -0.203. The van der Waals surface area contributed by atoms with Crippen molar-refractivity contribution in [2.45, 2.75) is 32.5 Å². The number of nitrogens with zero attached hydrogens (tertiary/aromatic N) is 3. The van der Waals surface area contributed by atoms with Crippen LogP contribution in [0.1, 0.15) is 20.3 Å². The molecule has 106 valence electrons. The van der Waals surface area contributed by atoms with Crippen molar-refractivity contribution in [1.82, 2.24) is 4.90 Å². The van der Waals surface area contributed by atoms with E-state index in [1.54, 1.807) is 12.2 Å². The highest BCUT2D eigenvalue weighted by atomic mass is 32.1. The summed E-state index contributed by atoms with van der Waals surface area (Å²) in [7, 11) is 4.06. The summed E-state index contributed by atoms with van der Waals surface area (Å²) in [6.45, 7) is 8.54. The second kappa shape index (κ2) is 9.79. The topological polar surface area (TPSA) is 48.6 Å². The van der Waals surface area contributed by atoms with Crippen molar-refractivity contribution in [2.75, 3.05) is 20.6 Å². The highest BCUT2D eigenvalue weighted by molar-refractivity contribution is 7.97.